The van der Waals surface area contributed by atoms with Crippen LogP contribution in [0.25, 0.3) is 5.57 Å². The first-order valence-corrected chi connectivity index (χ1v) is 10.4. The Morgan fingerprint density at radius 1 is 0.897 bits per heavy atom. The maximum atomic E-state index is 13.1. The first-order valence-electron chi connectivity index (χ1n) is 10.4. The van der Waals surface area contributed by atoms with Gasteiger partial charge < -0.3 is 9.80 Å². The highest BCUT2D eigenvalue weighted by atomic mass is 19.1. The summed E-state index contributed by atoms with van der Waals surface area (Å²) in [7, 11) is 0. The van der Waals surface area contributed by atoms with Crippen molar-refractivity contribution in [2.45, 2.75) is 12.8 Å². The number of hydrogen-bond acceptors (Lipinski definition) is 3. The van der Waals surface area contributed by atoms with E-state index in [4.69, 9.17) is 0 Å². The molecule has 0 saturated carbocycles. The summed E-state index contributed by atoms with van der Waals surface area (Å²) in [6, 6.07) is 17.1. The van der Waals surface area contributed by atoms with E-state index >= 15 is 0 Å². The third kappa shape index (κ3) is 5.04. The van der Waals surface area contributed by atoms with E-state index in [1.807, 2.05) is 11.0 Å². The monoisotopic (exact) mass is 393 g/mol. The number of halogens is 1. The van der Waals surface area contributed by atoms with E-state index < -0.39 is 0 Å². The third-order valence-electron chi connectivity index (χ3n) is 5.90. The quantitative estimate of drug-likeness (QED) is 0.776. The summed E-state index contributed by atoms with van der Waals surface area (Å²) in [5.41, 5.74) is 3.74. The number of carbonyl (C=O) groups excluding carboxylic acids is 1. The predicted octanol–water partition coefficient (Wildman–Crippen LogP) is 3.65. The number of benzene rings is 2. The third-order valence-corrected chi connectivity index (χ3v) is 5.90. The minimum atomic E-state index is -0.217. The molecule has 1 amide bonds. The van der Waals surface area contributed by atoms with Gasteiger partial charge in [-0.05, 0) is 41.8 Å². The van der Waals surface area contributed by atoms with Crippen molar-refractivity contribution in [1.82, 2.24) is 9.80 Å². The SMILES string of the molecule is O=C(CCN1CC=C(c2ccccc2)CC1)N1CCN(c2ccc(F)cc2)CC1. The number of piperazine rings is 1. The first-order chi connectivity index (χ1) is 14.2. The minimum Gasteiger partial charge on any atom is -0.368 e. The number of nitrogens with zero attached hydrogens (tertiary/aromatic N) is 3. The molecule has 2 aliphatic heterocycles. The molecule has 5 heteroatoms. The summed E-state index contributed by atoms with van der Waals surface area (Å²) in [4.78, 5) is 19.2. The fourth-order valence-electron chi connectivity index (χ4n) is 4.11. The van der Waals surface area contributed by atoms with Gasteiger partial charge in [0.1, 0.15) is 5.82 Å². The van der Waals surface area contributed by atoms with Gasteiger partial charge >= 0.3 is 0 Å². The zero-order valence-corrected chi connectivity index (χ0v) is 16.8. The highest BCUT2D eigenvalue weighted by Crippen LogP contribution is 2.22. The predicted molar refractivity (Wildman–Crippen MR) is 115 cm³/mol. The van der Waals surface area contributed by atoms with Crippen LogP contribution in [0.5, 0.6) is 0 Å². The average Bonchev–Trinajstić information content (AvgIpc) is 2.79. The van der Waals surface area contributed by atoms with E-state index in [1.165, 1.54) is 23.3 Å². The molecule has 0 radical (unpaired) electrons. The van der Waals surface area contributed by atoms with Crippen molar-refractivity contribution in [3.8, 4) is 0 Å². The van der Waals surface area contributed by atoms with Crippen LogP contribution in [-0.2, 0) is 4.79 Å². The molecule has 1 saturated heterocycles. The second-order valence-electron chi connectivity index (χ2n) is 7.74. The van der Waals surface area contributed by atoms with Crippen molar-refractivity contribution in [2.24, 2.45) is 0 Å². The summed E-state index contributed by atoms with van der Waals surface area (Å²) < 4.78 is 13.1. The Labute approximate surface area is 172 Å². The molecule has 0 unspecified atom stereocenters. The van der Waals surface area contributed by atoms with Gasteiger partial charge in [0.05, 0.1) is 0 Å². The van der Waals surface area contributed by atoms with E-state index in [2.05, 4.69) is 40.1 Å². The summed E-state index contributed by atoms with van der Waals surface area (Å²) in [6.45, 7) is 5.79. The molecule has 0 spiro atoms. The van der Waals surface area contributed by atoms with Crippen molar-refractivity contribution < 1.29 is 9.18 Å². The number of amides is 1. The Morgan fingerprint density at radius 2 is 1.62 bits per heavy atom. The molecule has 0 N–H and O–H groups in total. The molecule has 0 aliphatic carbocycles. The molecule has 0 aromatic heterocycles. The van der Waals surface area contributed by atoms with Crippen LogP contribution < -0.4 is 4.90 Å². The smallest absolute Gasteiger partial charge is 0.223 e. The van der Waals surface area contributed by atoms with Crippen LogP contribution in [-0.4, -0.2) is 61.5 Å². The van der Waals surface area contributed by atoms with Crippen LogP contribution in [0.4, 0.5) is 10.1 Å². The molecule has 1 fully saturated rings. The summed E-state index contributed by atoms with van der Waals surface area (Å²) >= 11 is 0. The maximum Gasteiger partial charge on any atom is 0.223 e. The number of anilines is 1. The topological polar surface area (TPSA) is 26.8 Å². The van der Waals surface area contributed by atoms with Crippen molar-refractivity contribution in [3.05, 3.63) is 72.1 Å². The summed E-state index contributed by atoms with van der Waals surface area (Å²) in [6.07, 6.45) is 3.91. The molecule has 0 atom stereocenters. The van der Waals surface area contributed by atoms with Gasteiger partial charge in [-0.25, -0.2) is 4.39 Å². The number of carbonyl (C=O) groups is 1. The molecule has 152 valence electrons. The van der Waals surface area contributed by atoms with E-state index in [9.17, 15) is 9.18 Å². The van der Waals surface area contributed by atoms with Crippen LogP contribution >= 0.6 is 0 Å². The Bertz CT molecular complexity index is 842. The van der Waals surface area contributed by atoms with Gasteiger partial charge in [0.15, 0.2) is 0 Å². The van der Waals surface area contributed by atoms with Gasteiger partial charge in [0, 0.05) is 57.9 Å². The lowest BCUT2D eigenvalue weighted by Gasteiger charge is -2.36. The second kappa shape index (κ2) is 9.23. The fraction of sp³-hybridized carbons (Fsp3) is 0.375. The molecule has 2 aliphatic rings. The van der Waals surface area contributed by atoms with E-state index in [1.54, 1.807) is 12.1 Å². The molecule has 2 aromatic rings. The maximum absolute atomic E-state index is 13.1. The van der Waals surface area contributed by atoms with Gasteiger partial charge in [0.2, 0.25) is 5.91 Å². The van der Waals surface area contributed by atoms with E-state index in [0.29, 0.717) is 6.42 Å². The van der Waals surface area contributed by atoms with Gasteiger partial charge in [-0.15, -0.1) is 0 Å². The Kier molecular flexibility index (Phi) is 6.25. The molecule has 2 aromatic carbocycles. The number of rotatable bonds is 5. The average molecular weight is 394 g/mol. The highest BCUT2D eigenvalue weighted by molar-refractivity contribution is 5.76. The van der Waals surface area contributed by atoms with Crippen LogP contribution in [0.1, 0.15) is 18.4 Å². The first kappa shape index (κ1) is 19.6. The Hall–Kier alpha value is -2.66. The zero-order valence-electron chi connectivity index (χ0n) is 16.8. The van der Waals surface area contributed by atoms with Gasteiger partial charge in [-0.3, -0.25) is 9.69 Å². The summed E-state index contributed by atoms with van der Waals surface area (Å²) in [5, 5.41) is 0. The van der Waals surface area contributed by atoms with Crippen molar-refractivity contribution >= 4 is 17.2 Å². The summed E-state index contributed by atoms with van der Waals surface area (Å²) in [5.74, 6) is 0.0209. The molecule has 4 nitrogen and oxygen atoms in total. The fourth-order valence-corrected chi connectivity index (χ4v) is 4.11. The van der Waals surface area contributed by atoms with Crippen LogP contribution in [0.15, 0.2) is 60.7 Å². The van der Waals surface area contributed by atoms with E-state index in [0.717, 1.165) is 57.9 Å². The van der Waals surface area contributed by atoms with Crippen molar-refractivity contribution in [3.63, 3.8) is 0 Å². The largest absolute Gasteiger partial charge is 0.368 e. The second-order valence-corrected chi connectivity index (χ2v) is 7.74. The Balaban J connectivity index is 1.21. The highest BCUT2D eigenvalue weighted by Gasteiger charge is 2.22. The minimum absolute atomic E-state index is 0.217. The van der Waals surface area contributed by atoms with Gasteiger partial charge in [-0.1, -0.05) is 36.4 Å². The lowest BCUT2D eigenvalue weighted by Crippen LogP contribution is -2.49. The lowest BCUT2D eigenvalue weighted by molar-refractivity contribution is -0.131. The lowest BCUT2D eigenvalue weighted by atomic mass is 9.99. The Morgan fingerprint density at radius 3 is 2.28 bits per heavy atom. The molecule has 4 rings (SSSR count). The van der Waals surface area contributed by atoms with E-state index in [-0.39, 0.29) is 11.7 Å². The van der Waals surface area contributed by atoms with Crippen LogP contribution in [0.3, 0.4) is 0 Å². The van der Waals surface area contributed by atoms with Gasteiger partial charge in [0.25, 0.3) is 0 Å². The number of hydrogen-bond donors (Lipinski definition) is 0. The molecule has 0 bridgehead atoms. The normalized spacial score (nSPS) is 17.9. The molecule has 2 heterocycles. The van der Waals surface area contributed by atoms with Crippen LogP contribution in [0.2, 0.25) is 0 Å². The molecular weight excluding hydrogens is 365 g/mol. The van der Waals surface area contributed by atoms with Crippen molar-refractivity contribution in [2.75, 3.05) is 50.7 Å². The standard InChI is InChI=1S/C24H28FN3O/c25-22-6-8-23(9-7-22)27-16-18-28(19-17-27)24(29)12-15-26-13-10-21(11-14-26)20-4-2-1-3-5-20/h1-10H,11-19H2. The van der Waals surface area contributed by atoms with Crippen molar-refractivity contribution in [1.29, 1.82) is 0 Å². The zero-order chi connectivity index (χ0) is 20.1. The molecular formula is C24H28FN3O. The molecule has 29 heavy (non-hydrogen) atoms. The van der Waals surface area contributed by atoms with Crippen LogP contribution in [0, 0.1) is 5.82 Å². The van der Waals surface area contributed by atoms with Gasteiger partial charge in [-0.2, -0.15) is 0 Å².